The molecule has 1 fully saturated rings. The maximum absolute atomic E-state index is 2.36. The first-order valence-corrected chi connectivity index (χ1v) is 6.06. The maximum atomic E-state index is 2.36. The van der Waals surface area contributed by atoms with Crippen molar-refractivity contribution in [1.82, 2.24) is 0 Å². The van der Waals surface area contributed by atoms with Gasteiger partial charge in [0.2, 0.25) is 0 Å². The second-order valence-corrected chi connectivity index (χ2v) is 5.66. The molecule has 0 bridgehead atoms. The van der Waals surface area contributed by atoms with Gasteiger partial charge in [0, 0.05) is 0 Å². The van der Waals surface area contributed by atoms with Crippen molar-refractivity contribution in [2.24, 2.45) is 29.6 Å². The quantitative estimate of drug-likeness (QED) is 0.593. The van der Waals surface area contributed by atoms with Crippen LogP contribution in [0.3, 0.4) is 0 Å². The molecule has 0 aliphatic heterocycles. The fraction of sp³-hybridized carbons (Fsp3) is 1.00. The SMILES string of the molecule is CCC1C(CC(C)C)C1CC(C)C. The Balaban J connectivity index is 2.31. The van der Waals surface area contributed by atoms with Gasteiger partial charge in [0.25, 0.3) is 0 Å². The molecular weight excluding hydrogens is 156 g/mol. The Kier molecular flexibility index (Phi) is 3.82. The molecule has 0 nitrogen and oxygen atoms in total. The molecule has 2 unspecified atom stereocenters. The molecule has 0 aromatic rings. The molecule has 0 aromatic carbocycles. The normalized spacial score (nSPS) is 33.0. The Bertz CT molecular complexity index is 130. The van der Waals surface area contributed by atoms with E-state index in [9.17, 15) is 0 Å². The molecule has 78 valence electrons. The Morgan fingerprint density at radius 2 is 1.15 bits per heavy atom. The van der Waals surface area contributed by atoms with Gasteiger partial charge in [-0.3, -0.25) is 0 Å². The van der Waals surface area contributed by atoms with E-state index in [0.717, 1.165) is 29.6 Å². The van der Waals surface area contributed by atoms with Gasteiger partial charge in [-0.25, -0.2) is 0 Å². The van der Waals surface area contributed by atoms with Gasteiger partial charge < -0.3 is 0 Å². The predicted molar refractivity (Wildman–Crippen MR) is 59.7 cm³/mol. The lowest BCUT2D eigenvalue weighted by Crippen LogP contribution is -1.94. The Morgan fingerprint density at radius 3 is 1.38 bits per heavy atom. The minimum absolute atomic E-state index is 0.899. The summed E-state index contributed by atoms with van der Waals surface area (Å²) < 4.78 is 0. The van der Waals surface area contributed by atoms with E-state index >= 15 is 0 Å². The summed E-state index contributed by atoms with van der Waals surface area (Å²) in [5.41, 5.74) is 0. The van der Waals surface area contributed by atoms with Gasteiger partial charge in [-0.2, -0.15) is 0 Å². The van der Waals surface area contributed by atoms with Gasteiger partial charge >= 0.3 is 0 Å². The summed E-state index contributed by atoms with van der Waals surface area (Å²) in [5, 5.41) is 0. The molecule has 0 aromatic heterocycles. The van der Waals surface area contributed by atoms with Crippen LogP contribution in [0.2, 0.25) is 0 Å². The van der Waals surface area contributed by atoms with Gasteiger partial charge in [-0.05, 0) is 42.4 Å². The second kappa shape index (κ2) is 4.48. The maximum Gasteiger partial charge on any atom is -0.0349 e. The summed E-state index contributed by atoms with van der Waals surface area (Å²) in [6.45, 7) is 11.8. The molecule has 0 N–H and O–H groups in total. The average molecular weight is 182 g/mol. The van der Waals surface area contributed by atoms with E-state index in [1.165, 1.54) is 19.3 Å². The van der Waals surface area contributed by atoms with Crippen molar-refractivity contribution in [3.05, 3.63) is 0 Å². The van der Waals surface area contributed by atoms with Gasteiger partial charge in [-0.1, -0.05) is 41.0 Å². The van der Waals surface area contributed by atoms with Crippen LogP contribution in [0.25, 0.3) is 0 Å². The summed E-state index contributed by atoms with van der Waals surface area (Å²) in [6, 6.07) is 0. The number of hydrogen-bond donors (Lipinski definition) is 0. The summed E-state index contributed by atoms with van der Waals surface area (Å²) >= 11 is 0. The highest BCUT2D eigenvalue weighted by atomic mass is 14.5. The van der Waals surface area contributed by atoms with E-state index in [0.29, 0.717) is 0 Å². The van der Waals surface area contributed by atoms with E-state index in [1.54, 1.807) is 0 Å². The molecule has 1 aliphatic rings. The van der Waals surface area contributed by atoms with Crippen molar-refractivity contribution in [2.75, 3.05) is 0 Å². The molecule has 13 heavy (non-hydrogen) atoms. The monoisotopic (exact) mass is 182 g/mol. The highest BCUT2D eigenvalue weighted by Gasteiger charge is 2.47. The van der Waals surface area contributed by atoms with Gasteiger partial charge in [0.1, 0.15) is 0 Å². The van der Waals surface area contributed by atoms with Crippen LogP contribution in [0.4, 0.5) is 0 Å². The molecule has 0 heterocycles. The lowest BCUT2D eigenvalue weighted by Gasteiger charge is -2.05. The molecule has 0 heteroatoms. The van der Waals surface area contributed by atoms with Crippen molar-refractivity contribution in [3.63, 3.8) is 0 Å². The number of rotatable bonds is 5. The topological polar surface area (TPSA) is 0 Å². The molecule has 0 spiro atoms. The number of hydrogen-bond acceptors (Lipinski definition) is 0. The van der Waals surface area contributed by atoms with Crippen LogP contribution in [-0.2, 0) is 0 Å². The summed E-state index contributed by atoms with van der Waals surface area (Å²) in [5.74, 6) is 5.03. The minimum Gasteiger partial charge on any atom is -0.0651 e. The zero-order valence-electron chi connectivity index (χ0n) is 10.0. The van der Waals surface area contributed by atoms with Crippen LogP contribution in [0.15, 0.2) is 0 Å². The molecule has 1 aliphatic carbocycles. The predicted octanol–water partition coefficient (Wildman–Crippen LogP) is 4.35. The Labute approximate surface area is 84.1 Å². The average Bonchev–Trinajstić information content (AvgIpc) is 2.60. The molecule has 0 amide bonds. The van der Waals surface area contributed by atoms with Crippen molar-refractivity contribution >= 4 is 0 Å². The summed E-state index contributed by atoms with van der Waals surface area (Å²) in [4.78, 5) is 0. The zero-order valence-corrected chi connectivity index (χ0v) is 10.0. The molecule has 1 rings (SSSR count). The van der Waals surface area contributed by atoms with E-state index in [1.807, 2.05) is 0 Å². The van der Waals surface area contributed by atoms with Crippen LogP contribution in [0.5, 0.6) is 0 Å². The van der Waals surface area contributed by atoms with Gasteiger partial charge in [0.05, 0.1) is 0 Å². The highest BCUT2D eigenvalue weighted by Crippen LogP contribution is 2.54. The molecule has 1 saturated carbocycles. The first kappa shape index (κ1) is 11.1. The van der Waals surface area contributed by atoms with E-state index in [4.69, 9.17) is 0 Å². The third-order valence-corrected chi connectivity index (χ3v) is 3.47. The fourth-order valence-corrected chi connectivity index (χ4v) is 2.92. The lowest BCUT2D eigenvalue weighted by atomic mass is 10.0. The standard InChI is InChI=1S/C13H26/c1-6-11-12(7-9(2)3)13(11)8-10(4)5/h9-13H,6-8H2,1-5H3. The molecule has 0 saturated heterocycles. The molecule has 2 atom stereocenters. The highest BCUT2D eigenvalue weighted by molar-refractivity contribution is 4.96. The van der Waals surface area contributed by atoms with E-state index in [2.05, 4.69) is 34.6 Å². The van der Waals surface area contributed by atoms with Crippen molar-refractivity contribution < 1.29 is 0 Å². The van der Waals surface area contributed by atoms with E-state index < -0.39 is 0 Å². The van der Waals surface area contributed by atoms with Crippen LogP contribution < -0.4 is 0 Å². The van der Waals surface area contributed by atoms with Crippen molar-refractivity contribution in [3.8, 4) is 0 Å². The fourth-order valence-electron chi connectivity index (χ4n) is 2.92. The van der Waals surface area contributed by atoms with Crippen molar-refractivity contribution in [2.45, 2.75) is 53.9 Å². The summed E-state index contributed by atoms with van der Waals surface area (Å²) in [6.07, 6.45) is 4.35. The van der Waals surface area contributed by atoms with Crippen LogP contribution in [0.1, 0.15) is 53.9 Å². The van der Waals surface area contributed by atoms with Gasteiger partial charge in [0.15, 0.2) is 0 Å². The van der Waals surface area contributed by atoms with Gasteiger partial charge in [-0.15, -0.1) is 0 Å². The Hall–Kier alpha value is 0. The minimum atomic E-state index is 0.899. The Morgan fingerprint density at radius 1 is 0.769 bits per heavy atom. The first-order chi connectivity index (χ1) is 6.06. The van der Waals surface area contributed by atoms with Crippen LogP contribution in [0, 0.1) is 29.6 Å². The lowest BCUT2D eigenvalue weighted by molar-refractivity contribution is 0.464. The van der Waals surface area contributed by atoms with E-state index in [-0.39, 0.29) is 0 Å². The van der Waals surface area contributed by atoms with Crippen molar-refractivity contribution in [1.29, 1.82) is 0 Å². The summed E-state index contributed by atoms with van der Waals surface area (Å²) in [7, 11) is 0. The molecular formula is C13H26. The van der Waals surface area contributed by atoms with Crippen LogP contribution >= 0.6 is 0 Å². The smallest absolute Gasteiger partial charge is 0.0349 e. The third-order valence-electron chi connectivity index (χ3n) is 3.47. The third kappa shape index (κ3) is 3.00. The largest absolute Gasteiger partial charge is 0.0651 e. The second-order valence-electron chi connectivity index (χ2n) is 5.66. The first-order valence-electron chi connectivity index (χ1n) is 6.06. The zero-order chi connectivity index (χ0) is 10.0. The van der Waals surface area contributed by atoms with Crippen LogP contribution in [-0.4, -0.2) is 0 Å². The molecule has 0 radical (unpaired) electrons.